The number of hydrogen-bond acceptors (Lipinski definition) is 5. The third-order valence-electron chi connectivity index (χ3n) is 2.50. The van der Waals surface area contributed by atoms with Gasteiger partial charge in [0.05, 0.1) is 0 Å². The van der Waals surface area contributed by atoms with Crippen molar-refractivity contribution in [1.29, 1.82) is 0 Å². The Bertz CT molecular complexity index is 523. The first-order chi connectivity index (χ1) is 8.69. The predicted octanol–water partition coefficient (Wildman–Crippen LogP) is 1.98. The van der Waals surface area contributed by atoms with Gasteiger partial charge in [0.1, 0.15) is 5.75 Å². The molecule has 18 heavy (non-hydrogen) atoms. The molecule has 0 fully saturated rings. The van der Waals surface area contributed by atoms with E-state index in [1.165, 1.54) is 5.56 Å². The number of nitrogens with zero attached hydrogens (tertiary/aromatic N) is 2. The first kappa shape index (κ1) is 12.6. The Morgan fingerprint density at radius 2 is 2.17 bits per heavy atom. The largest absolute Gasteiger partial charge is 0.483 e. The molecule has 0 amide bonds. The lowest BCUT2D eigenvalue weighted by Crippen LogP contribution is -2.08. The van der Waals surface area contributed by atoms with Crippen molar-refractivity contribution >= 4 is 0 Å². The number of aromatic nitrogens is 2. The number of benzene rings is 1. The molecule has 2 aromatic rings. The van der Waals surface area contributed by atoms with Crippen molar-refractivity contribution in [3.05, 3.63) is 41.0 Å². The molecule has 1 aromatic heterocycles. The monoisotopic (exact) mass is 247 g/mol. The second kappa shape index (κ2) is 5.64. The zero-order chi connectivity index (χ0) is 13.0. The molecule has 1 aromatic carbocycles. The minimum absolute atomic E-state index is 0.292. The number of rotatable bonds is 5. The number of ether oxygens (including phenoxy) is 1. The molecular formula is C13H17N3O2. The van der Waals surface area contributed by atoms with Crippen molar-refractivity contribution in [2.45, 2.75) is 27.0 Å². The predicted molar refractivity (Wildman–Crippen MR) is 67.3 cm³/mol. The van der Waals surface area contributed by atoms with Crippen LogP contribution in [-0.4, -0.2) is 17.2 Å². The summed E-state index contributed by atoms with van der Waals surface area (Å²) in [7, 11) is 1.91. The van der Waals surface area contributed by atoms with Crippen LogP contribution in [-0.2, 0) is 13.2 Å². The van der Waals surface area contributed by atoms with Gasteiger partial charge >= 0.3 is 0 Å². The molecule has 2 rings (SSSR count). The van der Waals surface area contributed by atoms with Crippen LogP contribution in [0.15, 0.2) is 22.7 Å². The molecule has 0 radical (unpaired) electrons. The van der Waals surface area contributed by atoms with Crippen LogP contribution in [0.25, 0.3) is 0 Å². The average Bonchev–Trinajstić information content (AvgIpc) is 2.75. The summed E-state index contributed by atoms with van der Waals surface area (Å²) < 4.78 is 10.7. The van der Waals surface area contributed by atoms with Gasteiger partial charge in [0.25, 0.3) is 5.89 Å². The molecule has 0 bridgehead atoms. The van der Waals surface area contributed by atoms with Crippen LogP contribution < -0.4 is 10.1 Å². The molecule has 96 valence electrons. The molecule has 5 heteroatoms. The summed E-state index contributed by atoms with van der Waals surface area (Å²) >= 11 is 0. The van der Waals surface area contributed by atoms with E-state index in [-0.39, 0.29) is 0 Å². The third kappa shape index (κ3) is 3.07. The van der Waals surface area contributed by atoms with E-state index >= 15 is 0 Å². The van der Waals surface area contributed by atoms with Crippen molar-refractivity contribution < 1.29 is 9.26 Å². The first-order valence-electron chi connectivity index (χ1n) is 5.85. The van der Waals surface area contributed by atoms with Crippen LogP contribution >= 0.6 is 0 Å². The summed E-state index contributed by atoms with van der Waals surface area (Å²) in [5.41, 5.74) is 2.33. The quantitative estimate of drug-likeness (QED) is 0.875. The Kier molecular flexibility index (Phi) is 3.94. The van der Waals surface area contributed by atoms with Crippen LogP contribution in [0.2, 0.25) is 0 Å². The van der Waals surface area contributed by atoms with E-state index in [2.05, 4.69) is 28.4 Å². The molecular weight excluding hydrogens is 230 g/mol. The normalized spacial score (nSPS) is 10.6. The van der Waals surface area contributed by atoms with Gasteiger partial charge in [0.2, 0.25) is 0 Å². The van der Waals surface area contributed by atoms with E-state index in [4.69, 9.17) is 9.26 Å². The number of aryl methyl sites for hydroxylation is 2. The highest BCUT2D eigenvalue weighted by molar-refractivity contribution is 5.36. The molecule has 1 heterocycles. The number of hydrogen-bond donors (Lipinski definition) is 1. The van der Waals surface area contributed by atoms with Gasteiger partial charge in [-0.1, -0.05) is 22.9 Å². The van der Waals surface area contributed by atoms with Gasteiger partial charge in [0, 0.05) is 12.1 Å². The van der Waals surface area contributed by atoms with E-state index in [1.54, 1.807) is 6.92 Å². The molecule has 0 saturated heterocycles. The van der Waals surface area contributed by atoms with E-state index in [9.17, 15) is 0 Å². The van der Waals surface area contributed by atoms with Gasteiger partial charge in [0.15, 0.2) is 12.4 Å². The lowest BCUT2D eigenvalue weighted by Gasteiger charge is -2.10. The maximum absolute atomic E-state index is 5.71. The zero-order valence-corrected chi connectivity index (χ0v) is 10.9. The maximum atomic E-state index is 5.71. The highest BCUT2D eigenvalue weighted by atomic mass is 16.5. The molecule has 0 saturated carbocycles. The van der Waals surface area contributed by atoms with Crippen molar-refractivity contribution in [1.82, 2.24) is 15.5 Å². The molecule has 5 nitrogen and oxygen atoms in total. The molecule has 1 N–H and O–H groups in total. The van der Waals surface area contributed by atoms with Gasteiger partial charge < -0.3 is 14.6 Å². The Morgan fingerprint density at radius 3 is 2.83 bits per heavy atom. The van der Waals surface area contributed by atoms with Crippen molar-refractivity contribution in [3.63, 3.8) is 0 Å². The smallest absolute Gasteiger partial charge is 0.264 e. The maximum Gasteiger partial charge on any atom is 0.264 e. The molecule has 0 aliphatic heterocycles. The topological polar surface area (TPSA) is 60.2 Å². The van der Waals surface area contributed by atoms with Crippen LogP contribution in [0.5, 0.6) is 5.75 Å². The average molecular weight is 247 g/mol. The van der Waals surface area contributed by atoms with Crippen molar-refractivity contribution in [3.8, 4) is 5.75 Å². The van der Waals surface area contributed by atoms with Crippen molar-refractivity contribution in [2.24, 2.45) is 0 Å². The second-order valence-electron chi connectivity index (χ2n) is 4.17. The lowest BCUT2D eigenvalue weighted by molar-refractivity contribution is 0.240. The van der Waals surface area contributed by atoms with Crippen LogP contribution in [0.3, 0.4) is 0 Å². The summed E-state index contributed by atoms with van der Waals surface area (Å²) in [4.78, 5) is 4.10. The van der Waals surface area contributed by atoms with Crippen molar-refractivity contribution in [2.75, 3.05) is 7.05 Å². The fourth-order valence-corrected chi connectivity index (χ4v) is 1.72. The first-order valence-corrected chi connectivity index (χ1v) is 5.85. The summed E-state index contributed by atoms with van der Waals surface area (Å²) in [6, 6.07) is 6.09. The third-order valence-corrected chi connectivity index (χ3v) is 2.50. The SMILES string of the molecule is CNCc1cc(C)ccc1OCc1nc(C)no1. The summed E-state index contributed by atoms with van der Waals surface area (Å²) in [6.07, 6.45) is 0. The minimum Gasteiger partial charge on any atom is -0.483 e. The highest BCUT2D eigenvalue weighted by Crippen LogP contribution is 2.20. The summed E-state index contributed by atoms with van der Waals surface area (Å²) in [5, 5.41) is 6.85. The van der Waals surface area contributed by atoms with E-state index < -0.39 is 0 Å². The fraction of sp³-hybridized carbons (Fsp3) is 0.385. The van der Waals surface area contributed by atoms with E-state index in [1.807, 2.05) is 19.2 Å². The second-order valence-corrected chi connectivity index (χ2v) is 4.17. The molecule has 0 aliphatic rings. The van der Waals surface area contributed by atoms with Gasteiger partial charge in [-0.05, 0) is 27.0 Å². The Balaban J connectivity index is 2.08. The summed E-state index contributed by atoms with van der Waals surface area (Å²) in [6.45, 7) is 4.90. The van der Waals surface area contributed by atoms with Gasteiger partial charge in [-0.15, -0.1) is 0 Å². The lowest BCUT2D eigenvalue weighted by atomic mass is 10.1. The highest BCUT2D eigenvalue weighted by Gasteiger charge is 2.07. The van der Waals surface area contributed by atoms with Gasteiger partial charge in [-0.25, -0.2) is 0 Å². The van der Waals surface area contributed by atoms with E-state index in [0.29, 0.717) is 18.3 Å². The zero-order valence-electron chi connectivity index (χ0n) is 10.9. The molecule has 0 unspecified atom stereocenters. The standard InChI is InChI=1S/C13H17N3O2/c1-9-4-5-12(11(6-9)7-14-3)17-8-13-15-10(2)16-18-13/h4-6,14H,7-8H2,1-3H3. The van der Waals surface area contributed by atoms with Crippen LogP contribution in [0, 0.1) is 13.8 Å². The van der Waals surface area contributed by atoms with Gasteiger partial charge in [-0.2, -0.15) is 4.98 Å². The van der Waals surface area contributed by atoms with Crippen LogP contribution in [0.4, 0.5) is 0 Å². The number of nitrogens with one attached hydrogen (secondary N) is 1. The van der Waals surface area contributed by atoms with E-state index in [0.717, 1.165) is 17.9 Å². The Morgan fingerprint density at radius 1 is 1.33 bits per heavy atom. The Labute approximate surface area is 106 Å². The minimum atomic E-state index is 0.292. The Hall–Kier alpha value is -1.88. The fourth-order valence-electron chi connectivity index (χ4n) is 1.72. The summed E-state index contributed by atoms with van der Waals surface area (Å²) in [5.74, 6) is 1.95. The van der Waals surface area contributed by atoms with Gasteiger partial charge in [-0.3, -0.25) is 0 Å². The molecule has 0 aliphatic carbocycles. The molecule has 0 atom stereocenters. The molecule has 0 spiro atoms. The van der Waals surface area contributed by atoms with Crippen LogP contribution in [0.1, 0.15) is 22.8 Å².